The third kappa shape index (κ3) is 3.07. The first-order valence-electron chi connectivity index (χ1n) is 12.0. The second kappa shape index (κ2) is 7.10. The van der Waals surface area contributed by atoms with Gasteiger partial charge in [-0.3, -0.25) is 9.69 Å². The third-order valence-corrected chi connectivity index (χ3v) is 9.33. The van der Waals surface area contributed by atoms with E-state index in [2.05, 4.69) is 29.7 Å². The molecule has 0 aromatic heterocycles. The van der Waals surface area contributed by atoms with Gasteiger partial charge in [-0.05, 0) is 56.7 Å². The van der Waals surface area contributed by atoms with Gasteiger partial charge in [-0.1, -0.05) is 24.6 Å². The smallest absolute Gasteiger partial charge is 0.311 e. The number of carbonyl (C=O) groups excluding carboxylic acids is 1. The van der Waals surface area contributed by atoms with Gasteiger partial charge in [-0.15, -0.1) is 0 Å². The molecule has 1 aromatic rings. The summed E-state index contributed by atoms with van der Waals surface area (Å²) in [6, 6.07) is 8.09. The van der Waals surface area contributed by atoms with Gasteiger partial charge in [-0.25, -0.2) is 0 Å². The first-order valence-corrected chi connectivity index (χ1v) is 12.4. The molecule has 1 spiro atoms. The van der Waals surface area contributed by atoms with Crippen LogP contribution >= 0.6 is 11.6 Å². The van der Waals surface area contributed by atoms with Gasteiger partial charge in [0.25, 0.3) is 0 Å². The minimum absolute atomic E-state index is 0.0146. The van der Waals surface area contributed by atoms with Crippen LogP contribution in [0.3, 0.4) is 0 Å². The van der Waals surface area contributed by atoms with E-state index in [1.807, 2.05) is 18.2 Å². The van der Waals surface area contributed by atoms with Gasteiger partial charge in [0.05, 0.1) is 11.5 Å². The summed E-state index contributed by atoms with van der Waals surface area (Å²) in [6.45, 7) is 9.24. The number of fused-ring (bicyclic) bond motifs is 1. The van der Waals surface area contributed by atoms with Gasteiger partial charge in [-0.2, -0.15) is 0 Å². The van der Waals surface area contributed by atoms with E-state index in [0.29, 0.717) is 17.8 Å². The summed E-state index contributed by atoms with van der Waals surface area (Å²) in [7, 11) is 0. The second-order valence-corrected chi connectivity index (χ2v) is 11.2. The summed E-state index contributed by atoms with van der Waals surface area (Å²) in [5.41, 5.74) is 0.751. The third-order valence-electron chi connectivity index (χ3n) is 9.09. The van der Waals surface area contributed by atoms with Crippen molar-refractivity contribution in [2.24, 2.45) is 23.7 Å². The fourth-order valence-corrected chi connectivity index (χ4v) is 7.59. The molecule has 0 unspecified atom stereocenters. The molecule has 5 fully saturated rings. The number of carbonyl (C=O) groups is 1. The lowest BCUT2D eigenvalue weighted by Crippen LogP contribution is -2.58. The highest BCUT2D eigenvalue weighted by molar-refractivity contribution is 6.30. The average Bonchev–Trinajstić information content (AvgIpc) is 3.38. The topological polar surface area (TPSA) is 45.3 Å². The Labute approximate surface area is 190 Å². The SMILES string of the molecule is C[C@@H]1CC[C@H]2[C@H](CN3CCN(c4cccc(Cl)c4)CC3)C(=O)O[C@]23[C@H]1CC[C@@]1(C)O[C@@H]31. The molecule has 2 saturated carbocycles. The predicted molar refractivity (Wildman–Crippen MR) is 120 cm³/mol. The fraction of sp³-hybridized carbons (Fsp3) is 0.720. The summed E-state index contributed by atoms with van der Waals surface area (Å²) >= 11 is 6.18. The number of ether oxygens (including phenoxy) is 2. The Hall–Kier alpha value is -1.30. The quantitative estimate of drug-likeness (QED) is 0.521. The lowest BCUT2D eigenvalue weighted by Gasteiger charge is -2.50. The minimum Gasteiger partial charge on any atom is -0.455 e. The van der Waals surface area contributed by atoms with Crippen LogP contribution in [0.5, 0.6) is 0 Å². The Bertz CT molecular complexity index is 887. The summed E-state index contributed by atoms with van der Waals surface area (Å²) in [6.07, 6.45) is 4.64. The maximum atomic E-state index is 13.2. The van der Waals surface area contributed by atoms with Gasteiger partial charge < -0.3 is 14.4 Å². The number of piperazine rings is 1. The van der Waals surface area contributed by atoms with Gasteiger partial charge in [0.15, 0.2) is 0 Å². The molecule has 5 aliphatic rings. The molecule has 7 atom stereocenters. The number of hydrogen-bond acceptors (Lipinski definition) is 5. The zero-order chi connectivity index (χ0) is 21.4. The van der Waals surface area contributed by atoms with Crippen molar-refractivity contribution in [1.82, 2.24) is 4.90 Å². The molecule has 3 aliphatic heterocycles. The molecule has 1 aromatic carbocycles. The van der Waals surface area contributed by atoms with E-state index in [-0.39, 0.29) is 29.2 Å². The molecule has 6 rings (SSSR count). The molecule has 168 valence electrons. The Morgan fingerprint density at radius 1 is 1.13 bits per heavy atom. The molecule has 0 amide bonds. The Morgan fingerprint density at radius 2 is 1.94 bits per heavy atom. The highest BCUT2D eigenvalue weighted by Gasteiger charge is 2.77. The number of epoxide rings is 1. The maximum Gasteiger partial charge on any atom is 0.311 e. The van der Waals surface area contributed by atoms with Crippen molar-refractivity contribution in [2.75, 3.05) is 37.6 Å². The van der Waals surface area contributed by atoms with Crippen LogP contribution in [0.4, 0.5) is 5.69 Å². The van der Waals surface area contributed by atoms with Crippen molar-refractivity contribution in [3.05, 3.63) is 29.3 Å². The van der Waals surface area contributed by atoms with E-state index in [1.165, 1.54) is 12.1 Å². The number of halogens is 1. The fourth-order valence-electron chi connectivity index (χ4n) is 7.40. The molecule has 5 nitrogen and oxygen atoms in total. The monoisotopic (exact) mass is 444 g/mol. The molecule has 2 aliphatic carbocycles. The van der Waals surface area contributed by atoms with E-state index in [0.717, 1.165) is 57.0 Å². The van der Waals surface area contributed by atoms with Crippen LogP contribution in [0.1, 0.15) is 39.5 Å². The van der Waals surface area contributed by atoms with Crippen LogP contribution < -0.4 is 4.90 Å². The molecule has 3 saturated heterocycles. The standard InChI is InChI=1S/C25H33ClN2O3/c1-16-6-7-21-19(22(29)30-25(21)20(16)8-9-24(2)23(25)31-24)15-27-10-12-28(13-11-27)18-5-3-4-17(26)14-18/h3-5,14,16,19-21,23H,6-13,15H2,1-2H3/t16-,19+,20+,21+,23-,24-,25-/m1/s1. The molecular weight excluding hydrogens is 412 g/mol. The van der Waals surface area contributed by atoms with Crippen molar-refractivity contribution in [3.8, 4) is 0 Å². The van der Waals surface area contributed by atoms with Crippen LogP contribution in [-0.2, 0) is 14.3 Å². The Kier molecular flexibility index (Phi) is 4.65. The van der Waals surface area contributed by atoms with E-state index in [1.54, 1.807) is 0 Å². The molecule has 0 N–H and O–H groups in total. The van der Waals surface area contributed by atoms with Crippen LogP contribution in [0, 0.1) is 23.7 Å². The van der Waals surface area contributed by atoms with Crippen LogP contribution in [0.2, 0.25) is 5.02 Å². The van der Waals surface area contributed by atoms with Crippen molar-refractivity contribution in [1.29, 1.82) is 0 Å². The molecule has 6 heteroatoms. The lowest BCUT2D eigenvalue weighted by molar-refractivity contribution is -0.168. The second-order valence-electron chi connectivity index (χ2n) is 10.8. The van der Waals surface area contributed by atoms with Gasteiger partial charge in [0.1, 0.15) is 11.7 Å². The number of nitrogens with zero attached hydrogens (tertiary/aromatic N) is 2. The van der Waals surface area contributed by atoms with Crippen molar-refractivity contribution < 1.29 is 14.3 Å². The van der Waals surface area contributed by atoms with Crippen molar-refractivity contribution >= 4 is 23.3 Å². The van der Waals surface area contributed by atoms with Crippen molar-refractivity contribution in [2.45, 2.75) is 56.8 Å². The average molecular weight is 445 g/mol. The minimum atomic E-state index is -0.366. The zero-order valence-corrected chi connectivity index (χ0v) is 19.3. The normalized spacial score (nSPS) is 44.3. The largest absolute Gasteiger partial charge is 0.455 e. The Balaban J connectivity index is 1.17. The molecular formula is C25H33ClN2O3. The summed E-state index contributed by atoms with van der Waals surface area (Å²) < 4.78 is 12.6. The van der Waals surface area contributed by atoms with Gasteiger partial charge in [0.2, 0.25) is 0 Å². The first kappa shape index (κ1) is 20.3. The van der Waals surface area contributed by atoms with Crippen LogP contribution in [-0.4, -0.2) is 60.9 Å². The van der Waals surface area contributed by atoms with Crippen LogP contribution in [0.25, 0.3) is 0 Å². The van der Waals surface area contributed by atoms with Gasteiger partial charge >= 0.3 is 5.97 Å². The molecule has 0 bridgehead atoms. The molecule has 31 heavy (non-hydrogen) atoms. The Morgan fingerprint density at radius 3 is 2.71 bits per heavy atom. The highest BCUT2D eigenvalue weighted by atomic mass is 35.5. The van der Waals surface area contributed by atoms with E-state index in [4.69, 9.17) is 21.1 Å². The lowest BCUT2D eigenvalue weighted by atomic mass is 9.55. The van der Waals surface area contributed by atoms with E-state index < -0.39 is 0 Å². The number of hydrogen-bond donors (Lipinski definition) is 0. The summed E-state index contributed by atoms with van der Waals surface area (Å²) in [5, 5.41) is 0.779. The summed E-state index contributed by atoms with van der Waals surface area (Å²) in [5.74, 6) is 1.39. The van der Waals surface area contributed by atoms with E-state index in [9.17, 15) is 4.79 Å². The predicted octanol–water partition coefficient (Wildman–Crippen LogP) is 3.99. The first-order chi connectivity index (χ1) is 14.9. The zero-order valence-electron chi connectivity index (χ0n) is 18.6. The van der Waals surface area contributed by atoms with Gasteiger partial charge in [0, 0.05) is 55.3 Å². The maximum absolute atomic E-state index is 13.2. The molecule has 0 radical (unpaired) electrons. The highest BCUT2D eigenvalue weighted by Crippen LogP contribution is 2.66. The summed E-state index contributed by atoms with van der Waals surface area (Å²) in [4.78, 5) is 18.1. The van der Waals surface area contributed by atoms with E-state index >= 15 is 0 Å². The number of rotatable bonds is 3. The number of anilines is 1. The van der Waals surface area contributed by atoms with Crippen molar-refractivity contribution in [3.63, 3.8) is 0 Å². The van der Waals surface area contributed by atoms with Crippen LogP contribution in [0.15, 0.2) is 24.3 Å². The number of esters is 1. The number of benzene rings is 1. The molecule has 3 heterocycles.